The zero-order valence-corrected chi connectivity index (χ0v) is 9.39. The Morgan fingerprint density at radius 3 is 2.81 bits per heavy atom. The molecule has 1 aromatic carbocycles. The van der Waals surface area contributed by atoms with Gasteiger partial charge in [-0.15, -0.1) is 0 Å². The van der Waals surface area contributed by atoms with Crippen LogP contribution < -0.4 is 0 Å². The topological polar surface area (TPSA) is 38.8 Å². The van der Waals surface area contributed by atoms with Crippen molar-refractivity contribution in [3.8, 4) is 0 Å². The van der Waals surface area contributed by atoms with Crippen LogP contribution in [0.5, 0.6) is 0 Å². The van der Waals surface area contributed by atoms with E-state index in [2.05, 4.69) is 6.92 Å². The first-order chi connectivity index (χ1) is 7.83. The molecule has 0 aromatic heterocycles. The molecule has 0 unspecified atom stereocenters. The molecule has 1 heterocycles. The summed E-state index contributed by atoms with van der Waals surface area (Å²) in [5.41, 5.74) is 1.04. The molecule has 1 aliphatic rings. The maximum absolute atomic E-state index is 11.5. The van der Waals surface area contributed by atoms with Crippen molar-refractivity contribution in [1.82, 2.24) is 0 Å². The Morgan fingerprint density at radius 2 is 2.12 bits per heavy atom. The Balaban J connectivity index is 1.80. The summed E-state index contributed by atoms with van der Waals surface area (Å²) >= 11 is 0. The molecule has 1 saturated heterocycles. The molecule has 0 radical (unpaired) electrons. The molecule has 2 rings (SSSR count). The molecular weight excluding hydrogens is 204 g/mol. The van der Waals surface area contributed by atoms with Crippen LogP contribution in [0.1, 0.15) is 31.4 Å². The largest absolute Gasteiger partial charge is 0.464 e. The second-order valence-electron chi connectivity index (χ2n) is 3.91. The molecule has 0 bridgehead atoms. The first-order valence-corrected chi connectivity index (χ1v) is 5.70. The van der Waals surface area contributed by atoms with Crippen molar-refractivity contribution in [2.45, 2.75) is 32.0 Å². The van der Waals surface area contributed by atoms with Gasteiger partial charge in [-0.05, 0) is 12.0 Å². The molecule has 2 atom stereocenters. The highest BCUT2D eigenvalue weighted by Crippen LogP contribution is 2.39. The SMILES string of the molecule is CCCCOC(=O)[C@H]1O[C@H]1c1ccccc1. The van der Waals surface area contributed by atoms with Gasteiger partial charge in [-0.3, -0.25) is 0 Å². The fourth-order valence-corrected chi connectivity index (χ4v) is 1.59. The van der Waals surface area contributed by atoms with Gasteiger partial charge in [0.1, 0.15) is 6.10 Å². The maximum atomic E-state index is 11.5. The zero-order chi connectivity index (χ0) is 11.4. The number of epoxide rings is 1. The summed E-state index contributed by atoms with van der Waals surface area (Å²) in [4.78, 5) is 11.5. The summed E-state index contributed by atoms with van der Waals surface area (Å²) in [5.74, 6) is -0.234. The summed E-state index contributed by atoms with van der Waals surface area (Å²) in [7, 11) is 0. The van der Waals surface area contributed by atoms with Crippen molar-refractivity contribution < 1.29 is 14.3 Å². The molecule has 0 aliphatic carbocycles. The minimum atomic E-state index is -0.390. The average molecular weight is 220 g/mol. The van der Waals surface area contributed by atoms with E-state index in [1.54, 1.807) is 0 Å². The predicted molar refractivity (Wildman–Crippen MR) is 59.9 cm³/mol. The van der Waals surface area contributed by atoms with Crippen LogP contribution in [0.15, 0.2) is 30.3 Å². The van der Waals surface area contributed by atoms with Crippen LogP contribution in [-0.4, -0.2) is 18.7 Å². The number of rotatable bonds is 5. The monoisotopic (exact) mass is 220 g/mol. The van der Waals surface area contributed by atoms with Gasteiger partial charge in [0.2, 0.25) is 0 Å². The van der Waals surface area contributed by atoms with E-state index in [9.17, 15) is 4.79 Å². The Morgan fingerprint density at radius 1 is 1.38 bits per heavy atom. The summed E-state index contributed by atoms with van der Waals surface area (Å²) in [6.45, 7) is 2.56. The number of hydrogen-bond acceptors (Lipinski definition) is 3. The highest BCUT2D eigenvalue weighted by molar-refractivity contribution is 5.78. The summed E-state index contributed by atoms with van der Waals surface area (Å²) in [6, 6.07) is 9.75. The van der Waals surface area contributed by atoms with Gasteiger partial charge in [-0.2, -0.15) is 0 Å². The number of carbonyl (C=O) groups is 1. The third-order valence-electron chi connectivity index (χ3n) is 2.59. The molecule has 3 nitrogen and oxygen atoms in total. The van der Waals surface area contributed by atoms with Gasteiger partial charge in [0.05, 0.1) is 6.61 Å². The zero-order valence-electron chi connectivity index (χ0n) is 9.39. The standard InChI is InChI=1S/C13H16O3/c1-2-3-9-15-13(14)12-11(16-12)10-7-5-4-6-8-10/h4-8,11-12H,2-3,9H2,1H3/t11-,12-/m0/s1. The van der Waals surface area contributed by atoms with E-state index in [1.807, 2.05) is 30.3 Å². The lowest BCUT2D eigenvalue weighted by Gasteiger charge is -2.00. The maximum Gasteiger partial charge on any atom is 0.338 e. The lowest BCUT2D eigenvalue weighted by atomic mass is 10.1. The Labute approximate surface area is 95.4 Å². The average Bonchev–Trinajstić information content (AvgIpc) is 3.10. The molecule has 0 spiro atoms. The van der Waals surface area contributed by atoms with Gasteiger partial charge in [0, 0.05) is 0 Å². The number of esters is 1. The van der Waals surface area contributed by atoms with Gasteiger partial charge in [0.25, 0.3) is 0 Å². The lowest BCUT2D eigenvalue weighted by Crippen LogP contribution is -2.13. The second-order valence-corrected chi connectivity index (χ2v) is 3.91. The van der Waals surface area contributed by atoms with E-state index in [0.29, 0.717) is 6.61 Å². The number of benzene rings is 1. The van der Waals surface area contributed by atoms with Crippen LogP contribution in [0, 0.1) is 0 Å². The fourth-order valence-electron chi connectivity index (χ4n) is 1.59. The normalized spacial score (nSPS) is 22.8. The summed E-state index contributed by atoms with van der Waals surface area (Å²) in [6.07, 6.45) is 1.45. The molecule has 1 aliphatic heterocycles. The summed E-state index contributed by atoms with van der Waals surface area (Å²) in [5, 5.41) is 0. The van der Waals surface area contributed by atoms with Crippen LogP contribution in [0.2, 0.25) is 0 Å². The van der Waals surface area contributed by atoms with Crippen molar-refractivity contribution in [2.75, 3.05) is 6.61 Å². The van der Waals surface area contributed by atoms with Crippen molar-refractivity contribution in [2.24, 2.45) is 0 Å². The van der Waals surface area contributed by atoms with E-state index in [0.717, 1.165) is 18.4 Å². The fraction of sp³-hybridized carbons (Fsp3) is 0.462. The third kappa shape index (κ3) is 2.61. The van der Waals surface area contributed by atoms with Crippen LogP contribution >= 0.6 is 0 Å². The molecule has 3 heteroatoms. The second kappa shape index (κ2) is 5.12. The Kier molecular flexibility index (Phi) is 3.57. The Bertz CT molecular complexity index is 347. The smallest absolute Gasteiger partial charge is 0.338 e. The van der Waals surface area contributed by atoms with Crippen molar-refractivity contribution in [3.63, 3.8) is 0 Å². The molecular formula is C13H16O3. The summed E-state index contributed by atoms with van der Waals surface area (Å²) < 4.78 is 10.4. The number of carbonyl (C=O) groups excluding carboxylic acids is 1. The molecule has 0 N–H and O–H groups in total. The number of ether oxygens (including phenoxy) is 2. The van der Waals surface area contributed by atoms with Gasteiger partial charge in [-0.1, -0.05) is 43.7 Å². The van der Waals surface area contributed by atoms with Crippen LogP contribution in [0.3, 0.4) is 0 Å². The number of hydrogen-bond donors (Lipinski definition) is 0. The van der Waals surface area contributed by atoms with Crippen molar-refractivity contribution in [1.29, 1.82) is 0 Å². The van der Waals surface area contributed by atoms with E-state index >= 15 is 0 Å². The van der Waals surface area contributed by atoms with E-state index < -0.39 is 0 Å². The minimum absolute atomic E-state index is 0.102. The van der Waals surface area contributed by atoms with E-state index in [-0.39, 0.29) is 18.2 Å². The number of unbranched alkanes of at least 4 members (excludes halogenated alkanes) is 1. The van der Waals surface area contributed by atoms with E-state index in [1.165, 1.54) is 0 Å². The van der Waals surface area contributed by atoms with Gasteiger partial charge in [-0.25, -0.2) is 4.79 Å². The van der Waals surface area contributed by atoms with Gasteiger partial charge >= 0.3 is 5.97 Å². The van der Waals surface area contributed by atoms with E-state index in [4.69, 9.17) is 9.47 Å². The van der Waals surface area contributed by atoms with Crippen molar-refractivity contribution in [3.05, 3.63) is 35.9 Å². The molecule has 16 heavy (non-hydrogen) atoms. The molecule has 0 amide bonds. The van der Waals surface area contributed by atoms with Gasteiger partial charge in [0.15, 0.2) is 6.10 Å². The highest BCUT2D eigenvalue weighted by Gasteiger charge is 2.47. The lowest BCUT2D eigenvalue weighted by molar-refractivity contribution is -0.145. The first-order valence-electron chi connectivity index (χ1n) is 5.70. The molecule has 0 saturated carbocycles. The molecule has 86 valence electrons. The molecule has 1 aromatic rings. The van der Waals surface area contributed by atoms with Crippen LogP contribution in [0.25, 0.3) is 0 Å². The third-order valence-corrected chi connectivity index (χ3v) is 2.59. The van der Waals surface area contributed by atoms with Crippen LogP contribution in [0.4, 0.5) is 0 Å². The van der Waals surface area contributed by atoms with Crippen LogP contribution in [-0.2, 0) is 14.3 Å². The predicted octanol–water partition coefficient (Wildman–Crippen LogP) is 2.47. The first kappa shape index (κ1) is 11.1. The molecule has 1 fully saturated rings. The Hall–Kier alpha value is -1.35. The minimum Gasteiger partial charge on any atom is -0.464 e. The highest BCUT2D eigenvalue weighted by atomic mass is 16.6. The quantitative estimate of drug-likeness (QED) is 0.434. The van der Waals surface area contributed by atoms with Gasteiger partial charge < -0.3 is 9.47 Å². The van der Waals surface area contributed by atoms with Crippen molar-refractivity contribution >= 4 is 5.97 Å².